The lowest BCUT2D eigenvalue weighted by atomic mass is 10.1. The Bertz CT molecular complexity index is 592. The number of anilines is 1. The van der Waals surface area contributed by atoms with Gasteiger partial charge in [-0.05, 0) is 18.9 Å². The summed E-state index contributed by atoms with van der Waals surface area (Å²) in [6.45, 7) is 3.26. The number of nitrogen functional groups attached to an aromatic ring is 1. The fourth-order valence-electron chi connectivity index (χ4n) is 1.95. The van der Waals surface area contributed by atoms with Crippen molar-refractivity contribution < 1.29 is 9.53 Å². The standard InChI is InChI=1S/C14H18N2O2S/c1-9-5-3-6-10-11(15)13(19-12(9)10)14(17)16-7-4-8-18-2/h3,5-6H,4,7-8,15H2,1-2H3,(H,16,17). The van der Waals surface area contributed by atoms with E-state index in [1.54, 1.807) is 7.11 Å². The summed E-state index contributed by atoms with van der Waals surface area (Å²) in [5.74, 6) is -0.103. The quantitative estimate of drug-likeness (QED) is 0.826. The third kappa shape index (κ3) is 2.88. The van der Waals surface area contributed by atoms with Crippen LogP contribution in [-0.2, 0) is 4.74 Å². The predicted octanol–water partition coefficient (Wildman–Crippen LogP) is 2.56. The maximum absolute atomic E-state index is 12.1. The summed E-state index contributed by atoms with van der Waals surface area (Å²) in [6, 6.07) is 5.94. The van der Waals surface area contributed by atoms with Gasteiger partial charge in [0.2, 0.25) is 0 Å². The second kappa shape index (κ2) is 6.04. The van der Waals surface area contributed by atoms with Crippen molar-refractivity contribution in [1.82, 2.24) is 5.32 Å². The third-order valence-electron chi connectivity index (χ3n) is 2.97. The van der Waals surface area contributed by atoms with E-state index in [0.717, 1.165) is 22.1 Å². The molecule has 0 unspecified atom stereocenters. The number of ether oxygens (including phenoxy) is 1. The first kappa shape index (κ1) is 13.8. The summed E-state index contributed by atoms with van der Waals surface area (Å²) in [6.07, 6.45) is 0.798. The molecule has 2 aromatic rings. The van der Waals surface area contributed by atoms with Gasteiger partial charge in [0, 0.05) is 30.3 Å². The summed E-state index contributed by atoms with van der Waals surface area (Å²) < 4.78 is 6.03. The van der Waals surface area contributed by atoms with Gasteiger partial charge in [-0.3, -0.25) is 4.79 Å². The van der Waals surface area contributed by atoms with E-state index < -0.39 is 0 Å². The van der Waals surface area contributed by atoms with Crippen molar-refractivity contribution in [3.63, 3.8) is 0 Å². The lowest BCUT2D eigenvalue weighted by molar-refractivity contribution is 0.0953. The van der Waals surface area contributed by atoms with Crippen LogP contribution in [0.4, 0.5) is 5.69 Å². The lowest BCUT2D eigenvalue weighted by Gasteiger charge is -2.03. The molecule has 102 valence electrons. The van der Waals surface area contributed by atoms with Gasteiger partial charge < -0.3 is 15.8 Å². The Morgan fingerprint density at radius 3 is 2.95 bits per heavy atom. The number of nitrogens with one attached hydrogen (secondary N) is 1. The minimum absolute atomic E-state index is 0.103. The summed E-state index contributed by atoms with van der Waals surface area (Å²) in [5.41, 5.74) is 7.79. The second-order valence-corrected chi connectivity index (χ2v) is 5.42. The van der Waals surface area contributed by atoms with Crippen molar-refractivity contribution in [2.24, 2.45) is 0 Å². The maximum atomic E-state index is 12.1. The Kier molecular flexibility index (Phi) is 4.39. The Morgan fingerprint density at radius 2 is 2.26 bits per heavy atom. The fourth-order valence-corrected chi connectivity index (χ4v) is 3.05. The van der Waals surface area contributed by atoms with E-state index >= 15 is 0 Å². The number of rotatable bonds is 5. The van der Waals surface area contributed by atoms with Crippen LogP contribution in [0.2, 0.25) is 0 Å². The molecule has 0 fully saturated rings. The van der Waals surface area contributed by atoms with Crippen molar-refractivity contribution in [2.75, 3.05) is 26.0 Å². The highest BCUT2D eigenvalue weighted by atomic mass is 32.1. The molecule has 1 heterocycles. The SMILES string of the molecule is COCCCNC(=O)c1sc2c(C)cccc2c1N. The molecular weight excluding hydrogens is 260 g/mol. The predicted molar refractivity (Wildman–Crippen MR) is 79.8 cm³/mol. The van der Waals surface area contributed by atoms with E-state index in [1.165, 1.54) is 11.3 Å². The van der Waals surface area contributed by atoms with Gasteiger partial charge in [0.1, 0.15) is 4.88 Å². The van der Waals surface area contributed by atoms with E-state index in [4.69, 9.17) is 10.5 Å². The van der Waals surface area contributed by atoms with Crippen molar-refractivity contribution in [2.45, 2.75) is 13.3 Å². The molecular formula is C14H18N2O2S. The van der Waals surface area contributed by atoms with Gasteiger partial charge in [-0.2, -0.15) is 0 Å². The topological polar surface area (TPSA) is 64.3 Å². The molecule has 0 saturated carbocycles. The van der Waals surface area contributed by atoms with E-state index in [9.17, 15) is 4.79 Å². The van der Waals surface area contributed by atoms with Gasteiger partial charge in [0.25, 0.3) is 5.91 Å². The zero-order valence-electron chi connectivity index (χ0n) is 11.2. The molecule has 1 aromatic carbocycles. The van der Waals surface area contributed by atoms with Gasteiger partial charge in [0.05, 0.1) is 5.69 Å². The minimum atomic E-state index is -0.103. The highest BCUT2D eigenvalue weighted by Crippen LogP contribution is 2.35. The van der Waals surface area contributed by atoms with Crippen LogP contribution in [0.5, 0.6) is 0 Å². The van der Waals surface area contributed by atoms with Gasteiger partial charge in [-0.25, -0.2) is 0 Å². The van der Waals surface area contributed by atoms with Crippen molar-refractivity contribution in [3.8, 4) is 0 Å². The van der Waals surface area contributed by atoms with Gasteiger partial charge in [0.15, 0.2) is 0 Å². The lowest BCUT2D eigenvalue weighted by Crippen LogP contribution is -2.25. The number of aryl methyl sites for hydroxylation is 1. The average Bonchev–Trinajstić information content (AvgIpc) is 2.74. The molecule has 0 aliphatic rings. The number of methoxy groups -OCH3 is 1. The summed E-state index contributed by atoms with van der Waals surface area (Å²) in [7, 11) is 1.65. The van der Waals surface area contributed by atoms with Crippen LogP contribution in [-0.4, -0.2) is 26.2 Å². The molecule has 1 aromatic heterocycles. The molecule has 19 heavy (non-hydrogen) atoms. The van der Waals surface area contributed by atoms with Crippen LogP contribution in [0.15, 0.2) is 18.2 Å². The number of hydrogen-bond donors (Lipinski definition) is 2. The van der Waals surface area contributed by atoms with Gasteiger partial charge in [-0.1, -0.05) is 18.2 Å². The van der Waals surface area contributed by atoms with Gasteiger partial charge >= 0.3 is 0 Å². The molecule has 0 radical (unpaired) electrons. The summed E-state index contributed by atoms with van der Waals surface area (Å²) in [5, 5.41) is 3.83. The first-order valence-corrected chi connectivity index (χ1v) is 7.01. The number of hydrogen-bond acceptors (Lipinski definition) is 4. The molecule has 0 saturated heterocycles. The van der Waals surface area contributed by atoms with E-state index in [-0.39, 0.29) is 5.91 Å². The minimum Gasteiger partial charge on any atom is -0.397 e. The second-order valence-electron chi connectivity index (χ2n) is 4.40. The van der Waals surface area contributed by atoms with Gasteiger partial charge in [-0.15, -0.1) is 11.3 Å². The number of nitrogens with two attached hydrogens (primary N) is 1. The molecule has 0 bridgehead atoms. The molecule has 0 spiro atoms. The molecule has 5 heteroatoms. The molecule has 4 nitrogen and oxygen atoms in total. The van der Waals surface area contributed by atoms with Crippen molar-refractivity contribution in [1.29, 1.82) is 0 Å². The van der Waals surface area contributed by atoms with E-state index in [2.05, 4.69) is 5.32 Å². The van der Waals surface area contributed by atoms with E-state index in [1.807, 2.05) is 25.1 Å². The average molecular weight is 278 g/mol. The number of benzene rings is 1. The van der Waals surface area contributed by atoms with Crippen LogP contribution in [0.3, 0.4) is 0 Å². The molecule has 3 N–H and O–H groups in total. The van der Waals surface area contributed by atoms with Crippen LogP contribution in [0.25, 0.3) is 10.1 Å². The van der Waals surface area contributed by atoms with E-state index in [0.29, 0.717) is 23.7 Å². The number of fused-ring (bicyclic) bond motifs is 1. The molecule has 1 amide bonds. The Hall–Kier alpha value is -1.59. The first-order chi connectivity index (χ1) is 9.15. The van der Waals surface area contributed by atoms with Crippen LogP contribution in [0, 0.1) is 6.92 Å². The highest BCUT2D eigenvalue weighted by Gasteiger charge is 2.16. The molecule has 0 atom stereocenters. The smallest absolute Gasteiger partial charge is 0.263 e. The van der Waals surface area contributed by atoms with Crippen molar-refractivity contribution >= 4 is 33.0 Å². The third-order valence-corrected chi connectivity index (χ3v) is 4.32. The van der Waals surface area contributed by atoms with Crippen LogP contribution in [0.1, 0.15) is 21.7 Å². The Labute approximate surface area is 116 Å². The number of thiophene rings is 1. The Morgan fingerprint density at radius 1 is 1.47 bits per heavy atom. The molecule has 0 aliphatic heterocycles. The van der Waals surface area contributed by atoms with Crippen LogP contribution >= 0.6 is 11.3 Å². The number of carbonyl (C=O) groups excluding carboxylic acids is 1. The first-order valence-electron chi connectivity index (χ1n) is 6.20. The molecule has 2 rings (SSSR count). The highest BCUT2D eigenvalue weighted by molar-refractivity contribution is 7.21. The maximum Gasteiger partial charge on any atom is 0.263 e. The largest absolute Gasteiger partial charge is 0.397 e. The Balaban J connectivity index is 2.18. The zero-order valence-corrected chi connectivity index (χ0v) is 12.0. The fraction of sp³-hybridized carbons (Fsp3) is 0.357. The summed E-state index contributed by atoms with van der Waals surface area (Å²) >= 11 is 1.45. The number of carbonyl (C=O) groups is 1. The van der Waals surface area contributed by atoms with Crippen molar-refractivity contribution in [3.05, 3.63) is 28.6 Å². The normalized spacial score (nSPS) is 10.8. The molecule has 0 aliphatic carbocycles. The zero-order chi connectivity index (χ0) is 13.8. The number of amides is 1. The van der Waals surface area contributed by atoms with Crippen LogP contribution < -0.4 is 11.1 Å². The summed E-state index contributed by atoms with van der Waals surface area (Å²) in [4.78, 5) is 12.7. The monoisotopic (exact) mass is 278 g/mol.